The van der Waals surface area contributed by atoms with Gasteiger partial charge in [0.1, 0.15) is 0 Å². The van der Waals surface area contributed by atoms with E-state index in [1.54, 1.807) is 18.5 Å². The van der Waals surface area contributed by atoms with Crippen molar-refractivity contribution < 1.29 is 14.3 Å². The SMILES string of the molecule is CN(CC(=O)Nc1ccc(N2CCOCC2)cc1)C(=O)c1ccsc1. The fourth-order valence-corrected chi connectivity index (χ4v) is 3.30. The van der Waals surface area contributed by atoms with Gasteiger partial charge in [-0.25, -0.2) is 0 Å². The first kappa shape index (κ1) is 17.4. The summed E-state index contributed by atoms with van der Waals surface area (Å²) in [7, 11) is 1.63. The molecule has 1 saturated heterocycles. The van der Waals surface area contributed by atoms with Crippen LogP contribution in [0.25, 0.3) is 0 Å². The van der Waals surface area contributed by atoms with Crippen molar-refractivity contribution in [1.82, 2.24) is 4.90 Å². The van der Waals surface area contributed by atoms with Gasteiger partial charge in [-0.2, -0.15) is 11.3 Å². The molecular formula is C18H21N3O3S. The number of hydrogen-bond acceptors (Lipinski definition) is 5. The molecule has 0 radical (unpaired) electrons. The molecule has 1 fully saturated rings. The van der Waals surface area contributed by atoms with E-state index in [1.807, 2.05) is 29.6 Å². The van der Waals surface area contributed by atoms with Gasteiger partial charge in [-0.1, -0.05) is 0 Å². The van der Waals surface area contributed by atoms with Crippen LogP contribution < -0.4 is 10.2 Å². The van der Waals surface area contributed by atoms with Crippen LogP contribution in [0.15, 0.2) is 41.1 Å². The van der Waals surface area contributed by atoms with Gasteiger partial charge in [0.2, 0.25) is 5.91 Å². The number of likely N-dealkylation sites (N-methyl/N-ethyl adjacent to an activating group) is 1. The van der Waals surface area contributed by atoms with Crippen molar-refractivity contribution in [2.45, 2.75) is 0 Å². The van der Waals surface area contributed by atoms with Gasteiger partial charge in [0, 0.05) is 36.9 Å². The number of thiophene rings is 1. The topological polar surface area (TPSA) is 61.9 Å². The van der Waals surface area contributed by atoms with Crippen molar-refractivity contribution >= 4 is 34.5 Å². The molecule has 0 atom stereocenters. The second-order valence-electron chi connectivity index (χ2n) is 5.87. The van der Waals surface area contributed by atoms with Gasteiger partial charge in [0.25, 0.3) is 5.91 Å². The molecule has 1 N–H and O–H groups in total. The molecule has 1 aliphatic rings. The van der Waals surface area contributed by atoms with Crippen LogP contribution in [0.2, 0.25) is 0 Å². The highest BCUT2D eigenvalue weighted by molar-refractivity contribution is 7.08. The third-order valence-electron chi connectivity index (χ3n) is 4.02. The first-order chi connectivity index (χ1) is 12.1. The Morgan fingerprint density at radius 1 is 1.20 bits per heavy atom. The van der Waals surface area contributed by atoms with E-state index in [0.717, 1.165) is 37.7 Å². The Morgan fingerprint density at radius 3 is 2.56 bits per heavy atom. The van der Waals surface area contributed by atoms with E-state index in [2.05, 4.69) is 10.2 Å². The molecule has 132 valence electrons. The first-order valence-corrected chi connectivity index (χ1v) is 9.08. The minimum absolute atomic E-state index is 0.0138. The summed E-state index contributed by atoms with van der Waals surface area (Å²) in [6, 6.07) is 9.49. The van der Waals surface area contributed by atoms with E-state index in [4.69, 9.17) is 4.74 Å². The molecule has 2 heterocycles. The van der Waals surface area contributed by atoms with E-state index in [9.17, 15) is 9.59 Å². The molecule has 0 aliphatic carbocycles. The van der Waals surface area contributed by atoms with Crippen LogP contribution in [0.3, 0.4) is 0 Å². The van der Waals surface area contributed by atoms with E-state index in [-0.39, 0.29) is 18.4 Å². The summed E-state index contributed by atoms with van der Waals surface area (Å²) in [6.07, 6.45) is 0. The molecule has 3 rings (SSSR count). The van der Waals surface area contributed by atoms with E-state index in [1.165, 1.54) is 16.2 Å². The van der Waals surface area contributed by atoms with Crippen molar-refractivity contribution in [3.8, 4) is 0 Å². The number of morpholine rings is 1. The zero-order valence-corrected chi connectivity index (χ0v) is 14.9. The standard InChI is InChI=1S/C18H21N3O3S/c1-20(18(23)14-6-11-25-13-14)12-17(22)19-15-2-4-16(5-3-15)21-7-9-24-10-8-21/h2-6,11,13H,7-10,12H2,1H3,(H,19,22). The molecule has 2 aromatic rings. The highest BCUT2D eigenvalue weighted by atomic mass is 32.1. The Kier molecular flexibility index (Phi) is 5.67. The largest absolute Gasteiger partial charge is 0.378 e. The molecule has 2 amide bonds. The highest BCUT2D eigenvalue weighted by Gasteiger charge is 2.16. The van der Waals surface area contributed by atoms with E-state index >= 15 is 0 Å². The van der Waals surface area contributed by atoms with Gasteiger partial charge in [0.05, 0.1) is 25.3 Å². The lowest BCUT2D eigenvalue weighted by molar-refractivity contribution is -0.116. The first-order valence-electron chi connectivity index (χ1n) is 8.14. The fourth-order valence-electron chi connectivity index (χ4n) is 2.67. The molecule has 25 heavy (non-hydrogen) atoms. The van der Waals surface area contributed by atoms with Gasteiger partial charge >= 0.3 is 0 Å². The number of nitrogens with one attached hydrogen (secondary N) is 1. The summed E-state index contributed by atoms with van der Waals surface area (Å²) in [6.45, 7) is 3.24. The number of hydrogen-bond donors (Lipinski definition) is 1. The maximum Gasteiger partial charge on any atom is 0.254 e. The maximum absolute atomic E-state index is 12.2. The molecule has 1 aromatic heterocycles. The predicted octanol–water partition coefficient (Wildman–Crippen LogP) is 2.30. The average Bonchev–Trinajstić information content (AvgIpc) is 3.17. The second kappa shape index (κ2) is 8.13. The molecule has 0 spiro atoms. The van der Waals surface area contributed by atoms with E-state index in [0.29, 0.717) is 5.56 Å². The number of anilines is 2. The lowest BCUT2D eigenvalue weighted by atomic mass is 10.2. The van der Waals surface area contributed by atoms with Crippen LogP contribution in [0, 0.1) is 0 Å². The number of rotatable bonds is 5. The lowest BCUT2D eigenvalue weighted by Crippen LogP contribution is -2.36. The Hall–Kier alpha value is -2.38. The van der Waals surface area contributed by atoms with Gasteiger partial charge in [0.15, 0.2) is 0 Å². The zero-order valence-electron chi connectivity index (χ0n) is 14.1. The number of benzene rings is 1. The van der Waals surface area contributed by atoms with Crippen LogP contribution in [-0.2, 0) is 9.53 Å². The van der Waals surface area contributed by atoms with E-state index < -0.39 is 0 Å². The minimum Gasteiger partial charge on any atom is -0.378 e. The molecule has 0 bridgehead atoms. The molecule has 7 heteroatoms. The normalized spacial score (nSPS) is 14.2. The Morgan fingerprint density at radius 2 is 1.92 bits per heavy atom. The number of carbonyl (C=O) groups is 2. The smallest absolute Gasteiger partial charge is 0.254 e. The van der Waals surface area contributed by atoms with Crippen LogP contribution in [-0.4, -0.2) is 56.6 Å². The number of ether oxygens (including phenoxy) is 1. The second-order valence-corrected chi connectivity index (χ2v) is 6.65. The lowest BCUT2D eigenvalue weighted by Gasteiger charge is -2.28. The summed E-state index contributed by atoms with van der Waals surface area (Å²) in [4.78, 5) is 28.0. The molecule has 1 aromatic carbocycles. The van der Waals surface area contributed by atoms with Crippen molar-refractivity contribution in [3.05, 3.63) is 46.7 Å². The highest BCUT2D eigenvalue weighted by Crippen LogP contribution is 2.19. The summed E-state index contributed by atoms with van der Waals surface area (Å²) < 4.78 is 5.35. The Labute approximate surface area is 151 Å². The van der Waals surface area contributed by atoms with Crippen molar-refractivity contribution in [2.24, 2.45) is 0 Å². The van der Waals surface area contributed by atoms with Crippen molar-refractivity contribution in [2.75, 3.05) is 50.1 Å². The molecular weight excluding hydrogens is 338 g/mol. The average molecular weight is 359 g/mol. The third kappa shape index (κ3) is 4.58. The minimum atomic E-state index is -0.217. The molecule has 1 aliphatic heterocycles. The molecule has 0 saturated carbocycles. The third-order valence-corrected chi connectivity index (χ3v) is 4.71. The summed E-state index contributed by atoms with van der Waals surface area (Å²) in [5.41, 5.74) is 2.44. The quantitative estimate of drug-likeness (QED) is 0.890. The molecule has 6 nitrogen and oxygen atoms in total. The number of carbonyl (C=O) groups excluding carboxylic acids is 2. The Balaban J connectivity index is 1.53. The van der Waals surface area contributed by atoms with Crippen LogP contribution in [0.4, 0.5) is 11.4 Å². The summed E-state index contributed by atoms with van der Waals surface area (Å²) in [5.74, 6) is -0.371. The van der Waals surface area contributed by atoms with Gasteiger partial charge in [-0.3, -0.25) is 9.59 Å². The predicted molar refractivity (Wildman–Crippen MR) is 99.4 cm³/mol. The number of nitrogens with zero attached hydrogens (tertiary/aromatic N) is 2. The van der Waals surface area contributed by atoms with Crippen LogP contribution in [0.1, 0.15) is 10.4 Å². The molecule has 0 unspecified atom stereocenters. The summed E-state index contributed by atoms with van der Waals surface area (Å²) in [5, 5.41) is 6.45. The Bertz CT molecular complexity index is 710. The van der Waals surface area contributed by atoms with Crippen molar-refractivity contribution in [3.63, 3.8) is 0 Å². The van der Waals surface area contributed by atoms with Gasteiger partial charge in [-0.05, 0) is 35.7 Å². The summed E-state index contributed by atoms with van der Waals surface area (Å²) >= 11 is 1.46. The van der Waals surface area contributed by atoms with Gasteiger partial charge < -0.3 is 19.9 Å². The maximum atomic E-state index is 12.2. The fraction of sp³-hybridized carbons (Fsp3) is 0.333. The zero-order chi connectivity index (χ0) is 17.6. The van der Waals surface area contributed by atoms with Crippen LogP contribution >= 0.6 is 11.3 Å². The van der Waals surface area contributed by atoms with Crippen molar-refractivity contribution in [1.29, 1.82) is 0 Å². The number of amides is 2. The van der Waals surface area contributed by atoms with Crippen LogP contribution in [0.5, 0.6) is 0 Å². The monoisotopic (exact) mass is 359 g/mol. The van der Waals surface area contributed by atoms with Gasteiger partial charge in [-0.15, -0.1) is 0 Å².